The second-order valence-electron chi connectivity index (χ2n) is 6.34. The summed E-state index contributed by atoms with van der Waals surface area (Å²) < 4.78 is 39.8. The zero-order valence-corrected chi connectivity index (χ0v) is 14.7. The smallest absolute Gasteiger partial charge is 0.244 e. The molecule has 0 saturated heterocycles. The van der Waals surface area contributed by atoms with Crippen LogP contribution < -0.4 is 5.73 Å². The monoisotopic (exact) mass is 373 g/mol. The van der Waals surface area contributed by atoms with Gasteiger partial charge in [-0.1, -0.05) is 6.07 Å². The molecule has 3 aromatic rings. The van der Waals surface area contributed by atoms with Crippen LogP contribution in [0.15, 0.2) is 47.5 Å². The van der Waals surface area contributed by atoms with Gasteiger partial charge in [-0.2, -0.15) is 4.31 Å². The van der Waals surface area contributed by atoms with Crippen molar-refractivity contribution in [2.45, 2.75) is 17.9 Å². The van der Waals surface area contributed by atoms with E-state index < -0.39 is 22.0 Å². The molecule has 2 aromatic carbocycles. The highest BCUT2D eigenvalue weighted by Crippen LogP contribution is 2.41. The van der Waals surface area contributed by atoms with Crippen LogP contribution in [0.3, 0.4) is 0 Å². The molecule has 1 amide bonds. The first-order valence-corrected chi connectivity index (χ1v) is 9.44. The van der Waals surface area contributed by atoms with Crippen LogP contribution in [0.4, 0.5) is 4.39 Å². The molecule has 1 atom stereocenters. The molecule has 0 aliphatic carbocycles. The molecule has 3 N–H and O–H groups in total. The first-order chi connectivity index (χ1) is 12.3. The number of H-pyrrole nitrogens is 1. The molecule has 1 aliphatic heterocycles. The summed E-state index contributed by atoms with van der Waals surface area (Å²) in [5.41, 5.74) is 8.12. The standard InChI is InChI=1S/C18H16FN3O3S/c1-10-14-6-11(15-8-21-16-7-12(19)3-4-13(15)16)2-5-17(14)26(24,25)22(10)9-18(20)23/h2-8,10,21H,9H2,1H3,(H2,20,23). The van der Waals surface area contributed by atoms with E-state index in [1.165, 1.54) is 12.1 Å². The lowest BCUT2D eigenvalue weighted by Gasteiger charge is -2.17. The van der Waals surface area contributed by atoms with Gasteiger partial charge in [0.05, 0.1) is 11.4 Å². The Kier molecular flexibility index (Phi) is 3.64. The molecule has 2 heterocycles. The number of aromatic amines is 1. The summed E-state index contributed by atoms with van der Waals surface area (Å²) in [5.74, 6) is -1.03. The molecule has 0 bridgehead atoms. The van der Waals surface area contributed by atoms with Crippen molar-refractivity contribution in [3.05, 3.63) is 54.0 Å². The number of primary amides is 1. The molecule has 6 nitrogen and oxygen atoms in total. The number of nitrogens with two attached hydrogens (primary N) is 1. The van der Waals surface area contributed by atoms with Gasteiger partial charge in [-0.25, -0.2) is 12.8 Å². The number of hydrogen-bond donors (Lipinski definition) is 2. The van der Waals surface area contributed by atoms with E-state index in [1.807, 2.05) is 0 Å². The van der Waals surface area contributed by atoms with Crippen LogP contribution in [0.5, 0.6) is 0 Å². The number of nitrogens with zero attached hydrogens (tertiary/aromatic N) is 1. The highest BCUT2D eigenvalue weighted by Gasteiger charge is 2.41. The van der Waals surface area contributed by atoms with Gasteiger partial charge in [0.15, 0.2) is 0 Å². The topological polar surface area (TPSA) is 96.3 Å². The largest absolute Gasteiger partial charge is 0.369 e. The Morgan fingerprint density at radius 1 is 1.27 bits per heavy atom. The predicted molar refractivity (Wildman–Crippen MR) is 95.2 cm³/mol. The first-order valence-electron chi connectivity index (χ1n) is 8.00. The average molecular weight is 373 g/mol. The van der Waals surface area contributed by atoms with Gasteiger partial charge in [0.1, 0.15) is 5.82 Å². The Morgan fingerprint density at radius 3 is 2.77 bits per heavy atom. The number of hydrogen-bond acceptors (Lipinski definition) is 3. The summed E-state index contributed by atoms with van der Waals surface area (Å²) in [6.07, 6.45) is 1.77. The number of carbonyl (C=O) groups is 1. The lowest BCUT2D eigenvalue weighted by Crippen LogP contribution is -2.35. The number of carbonyl (C=O) groups excluding carboxylic acids is 1. The van der Waals surface area contributed by atoms with Crippen LogP contribution in [-0.4, -0.2) is 30.2 Å². The van der Waals surface area contributed by atoms with E-state index in [1.54, 1.807) is 37.4 Å². The van der Waals surface area contributed by atoms with Crippen molar-refractivity contribution < 1.29 is 17.6 Å². The van der Waals surface area contributed by atoms with Crippen molar-refractivity contribution >= 4 is 26.8 Å². The minimum atomic E-state index is -3.75. The molecule has 4 rings (SSSR count). The fourth-order valence-electron chi connectivity index (χ4n) is 3.48. The second-order valence-corrected chi connectivity index (χ2v) is 8.20. The highest BCUT2D eigenvalue weighted by molar-refractivity contribution is 7.89. The molecule has 0 radical (unpaired) electrons. The van der Waals surface area contributed by atoms with E-state index in [0.29, 0.717) is 11.1 Å². The van der Waals surface area contributed by atoms with Crippen LogP contribution in [-0.2, 0) is 14.8 Å². The molecule has 0 saturated carbocycles. The number of fused-ring (bicyclic) bond motifs is 2. The molecular weight excluding hydrogens is 357 g/mol. The Morgan fingerprint density at radius 2 is 2.04 bits per heavy atom. The minimum absolute atomic E-state index is 0.181. The van der Waals surface area contributed by atoms with Gasteiger partial charge in [-0.05, 0) is 48.4 Å². The van der Waals surface area contributed by atoms with Crippen LogP contribution >= 0.6 is 0 Å². The summed E-state index contributed by atoms with van der Waals surface area (Å²) in [6, 6.07) is 9.03. The fraction of sp³-hybridized carbons (Fsp3) is 0.167. The molecule has 1 aromatic heterocycles. The molecule has 134 valence electrons. The summed E-state index contributed by atoms with van der Waals surface area (Å²) in [5, 5.41) is 0.842. The highest BCUT2D eigenvalue weighted by atomic mass is 32.2. The third-order valence-corrected chi connectivity index (χ3v) is 6.74. The summed E-state index contributed by atoms with van der Waals surface area (Å²) in [4.78, 5) is 14.5. The van der Waals surface area contributed by atoms with Gasteiger partial charge in [-0.15, -0.1) is 0 Å². The molecule has 8 heteroatoms. The molecular formula is C18H16FN3O3S. The van der Waals surface area contributed by atoms with Crippen LogP contribution in [0.2, 0.25) is 0 Å². The maximum Gasteiger partial charge on any atom is 0.244 e. The quantitative estimate of drug-likeness (QED) is 0.738. The molecule has 0 spiro atoms. The second kappa shape index (κ2) is 5.65. The van der Waals surface area contributed by atoms with Gasteiger partial charge in [0.2, 0.25) is 15.9 Å². The Labute approximate surface area is 149 Å². The first kappa shape index (κ1) is 16.7. The van der Waals surface area contributed by atoms with Crippen molar-refractivity contribution in [1.29, 1.82) is 0 Å². The number of sulfonamides is 1. The number of halogens is 1. The molecule has 26 heavy (non-hydrogen) atoms. The van der Waals surface area contributed by atoms with Crippen molar-refractivity contribution in [2.24, 2.45) is 5.73 Å². The lowest BCUT2D eigenvalue weighted by molar-refractivity contribution is -0.118. The van der Waals surface area contributed by atoms with Gasteiger partial charge in [0, 0.05) is 28.7 Å². The Bertz CT molecular complexity index is 1150. The van der Waals surface area contributed by atoms with Crippen molar-refractivity contribution in [2.75, 3.05) is 6.54 Å². The lowest BCUT2D eigenvalue weighted by atomic mass is 9.99. The van der Waals surface area contributed by atoms with Gasteiger partial charge in [0.25, 0.3) is 0 Å². The van der Waals surface area contributed by atoms with Crippen molar-refractivity contribution in [3.63, 3.8) is 0 Å². The third-order valence-electron chi connectivity index (χ3n) is 4.74. The van der Waals surface area contributed by atoms with Crippen molar-refractivity contribution in [1.82, 2.24) is 9.29 Å². The van der Waals surface area contributed by atoms with Gasteiger partial charge < -0.3 is 10.7 Å². The average Bonchev–Trinajstić information content (AvgIpc) is 3.07. The molecule has 1 aliphatic rings. The zero-order chi connectivity index (χ0) is 18.6. The number of nitrogens with one attached hydrogen (secondary N) is 1. The maximum absolute atomic E-state index is 13.4. The van der Waals surface area contributed by atoms with E-state index in [4.69, 9.17) is 5.73 Å². The van der Waals surface area contributed by atoms with E-state index in [9.17, 15) is 17.6 Å². The summed E-state index contributed by atoms with van der Waals surface area (Å²) in [7, 11) is -3.75. The fourth-order valence-corrected chi connectivity index (χ4v) is 5.33. The normalized spacial score (nSPS) is 18.9. The molecule has 0 fully saturated rings. The summed E-state index contributed by atoms with van der Waals surface area (Å²) >= 11 is 0. The molecule has 1 unspecified atom stereocenters. The number of benzene rings is 2. The predicted octanol–water partition coefficient (Wildman–Crippen LogP) is 2.52. The van der Waals surface area contributed by atoms with Gasteiger partial charge in [-0.3, -0.25) is 4.79 Å². The third kappa shape index (κ3) is 2.41. The Balaban J connectivity index is 1.84. The van der Waals surface area contributed by atoms with Crippen LogP contribution in [0.1, 0.15) is 18.5 Å². The Hall–Kier alpha value is -2.71. The SMILES string of the molecule is CC1c2cc(-c3c[nH]c4cc(F)ccc34)ccc2S(=O)(=O)N1CC(N)=O. The van der Waals surface area contributed by atoms with E-state index in [2.05, 4.69) is 4.98 Å². The van der Waals surface area contributed by atoms with Crippen LogP contribution in [0, 0.1) is 5.82 Å². The maximum atomic E-state index is 13.4. The minimum Gasteiger partial charge on any atom is -0.369 e. The number of rotatable bonds is 3. The number of aromatic nitrogens is 1. The van der Waals surface area contributed by atoms with Gasteiger partial charge >= 0.3 is 0 Å². The van der Waals surface area contributed by atoms with E-state index in [-0.39, 0.29) is 17.3 Å². The zero-order valence-electron chi connectivity index (χ0n) is 13.9. The van der Waals surface area contributed by atoms with Crippen molar-refractivity contribution in [3.8, 4) is 11.1 Å². The van der Waals surface area contributed by atoms with E-state index in [0.717, 1.165) is 20.8 Å². The number of amides is 1. The van der Waals surface area contributed by atoms with E-state index >= 15 is 0 Å². The van der Waals surface area contributed by atoms with Crippen LogP contribution in [0.25, 0.3) is 22.0 Å². The summed E-state index contributed by atoms with van der Waals surface area (Å²) in [6.45, 7) is 1.36.